The Bertz CT molecular complexity index is 808. The monoisotopic (exact) mass is 372 g/mol. The van der Waals surface area contributed by atoms with Crippen molar-refractivity contribution in [3.8, 4) is 0 Å². The molecular weight excluding hydrogens is 348 g/mol. The molecule has 1 aliphatic rings. The third kappa shape index (κ3) is 3.93. The van der Waals surface area contributed by atoms with Crippen LogP contribution in [-0.4, -0.2) is 28.6 Å². The SMILES string of the molecule is CCc1ccc(N2C[C@@H](c3nnc(NC(=O)C(C)(C)C)s3)CC2=O)cc1. The first kappa shape index (κ1) is 18.5. The molecule has 0 bridgehead atoms. The number of nitrogens with one attached hydrogen (secondary N) is 1. The molecule has 3 rings (SSSR count). The first-order valence-corrected chi connectivity index (χ1v) is 9.63. The Labute approximate surface area is 157 Å². The summed E-state index contributed by atoms with van der Waals surface area (Å²) in [5, 5.41) is 12.3. The zero-order valence-electron chi connectivity index (χ0n) is 15.6. The molecule has 1 aromatic carbocycles. The van der Waals surface area contributed by atoms with Gasteiger partial charge in [0, 0.05) is 30.0 Å². The summed E-state index contributed by atoms with van der Waals surface area (Å²) in [6.45, 7) is 8.24. The molecule has 0 spiro atoms. The molecule has 1 saturated heterocycles. The topological polar surface area (TPSA) is 75.2 Å². The van der Waals surface area contributed by atoms with E-state index in [1.165, 1.54) is 16.9 Å². The molecule has 2 amide bonds. The zero-order chi connectivity index (χ0) is 18.9. The maximum atomic E-state index is 12.4. The van der Waals surface area contributed by atoms with Crippen molar-refractivity contribution in [2.24, 2.45) is 5.41 Å². The van der Waals surface area contributed by atoms with E-state index in [1.54, 1.807) is 4.90 Å². The van der Waals surface area contributed by atoms with Crippen LogP contribution in [0.2, 0.25) is 0 Å². The van der Waals surface area contributed by atoms with E-state index in [4.69, 9.17) is 0 Å². The van der Waals surface area contributed by atoms with E-state index in [1.807, 2.05) is 32.9 Å². The van der Waals surface area contributed by atoms with E-state index < -0.39 is 5.41 Å². The van der Waals surface area contributed by atoms with Crippen LogP contribution in [0, 0.1) is 5.41 Å². The number of carbonyl (C=O) groups excluding carboxylic acids is 2. The molecule has 0 saturated carbocycles. The fraction of sp³-hybridized carbons (Fsp3) is 0.474. The van der Waals surface area contributed by atoms with Crippen molar-refractivity contribution in [2.75, 3.05) is 16.8 Å². The Hall–Kier alpha value is -2.28. The van der Waals surface area contributed by atoms with Crippen LogP contribution in [0.1, 0.15) is 50.6 Å². The van der Waals surface area contributed by atoms with Crippen LogP contribution in [0.3, 0.4) is 0 Å². The fourth-order valence-electron chi connectivity index (χ4n) is 2.77. The van der Waals surface area contributed by atoms with Crippen molar-refractivity contribution in [3.05, 3.63) is 34.8 Å². The van der Waals surface area contributed by atoms with Gasteiger partial charge in [-0.25, -0.2) is 0 Å². The maximum absolute atomic E-state index is 12.4. The second-order valence-electron chi connectivity index (χ2n) is 7.57. The smallest absolute Gasteiger partial charge is 0.231 e. The van der Waals surface area contributed by atoms with Gasteiger partial charge in [-0.1, -0.05) is 51.2 Å². The molecule has 0 radical (unpaired) electrons. The van der Waals surface area contributed by atoms with Crippen molar-refractivity contribution in [3.63, 3.8) is 0 Å². The van der Waals surface area contributed by atoms with Gasteiger partial charge in [-0.2, -0.15) is 0 Å². The molecule has 6 nitrogen and oxygen atoms in total. The number of amides is 2. The standard InChI is InChI=1S/C19H24N4O2S/c1-5-12-6-8-14(9-7-12)23-11-13(10-15(23)24)16-21-22-18(26-16)20-17(25)19(2,3)4/h6-9,13H,5,10-11H2,1-4H3,(H,20,22,25)/t13-/m0/s1. The summed E-state index contributed by atoms with van der Waals surface area (Å²) in [6.07, 6.45) is 1.39. The lowest BCUT2D eigenvalue weighted by Gasteiger charge is -2.16. The number of hydrogen-bond donors (Lipinski definition) is 1. The van der Waals surface area contributed by atoms with Crippen LogP contribution in [0.5, 0.6) is 0 Å². The molecule has 1 N–H and O–H groups in total. The average Bonchev–Trinajstić information content (AvgIpc) is 3.21. The molecule has 1 atom stereocenters. The number of aryl methyl sites for hydroxylation is 1. The van der Waals surface area contributed by atoms with Gasteiger partial charge in [0.05, 0.1) is 0 Å². The predicted molar refractivity (Wildman–Crippen MR) is 104 cm³/mol. The quantitative estimate of drug-likeness (QED) is 0.890. The summed E-state index contributed by atoms with van der Waals surface area (Å²) >= 11 is 1.35. The number of benzene rings is 1. The third-order valence-electron chi connectivity index (χ3n) is 4.47. The molecule has 26 heavy (non-hydrogen) atoms. The molecule has 138 valence electrons. The molecular formula is C19H24N4O2S. The normalized spacial score (nSPS) is 17.6. The van der Waals surface area contributed by atoms with Gasteiger partial charge in [0.15, 0.2) is 0 Å². The fourth-order valence-corrected chi connectivity index (χ4v) is 3.60. The number of rotatable bonds is 4. The molecule has 1 fully saturated rings. The number of nitrogens with zero attached hydrogens (tertiary/aromatic N) is 3. The van der Waals surface area contributed by atoms with Gasteiger partial charge in [0.2, 0.25) is 16.9 Å². The lowest BCUT2D eigenvalue weighted by Crippen LogP contribution is -2.27. The highest BCUT2D eigenvalue weighted by molar-refractivity contribution is 7.15. The van der Waals surface area contributed by atoms with Crippen LogP contribution in [-0.2, 0) is 16.0 Å². The minimum absolute atomic E-state index is 0.00569. The van der Waals surface area contributed by atoms with Crippen molar-refractivity contribution >= 4 is 34.0 Å². The summed E-state index contributed by atoms with van der Waals surface area (Å²) in [5.41, 5.74) is 1.68. The van der Waals surface area contributed by atoms with Crippen molar-refractivity contribution in [1.82, 2.24) is 10.2 Å². The van der Waals surface area contributed by atoms with Gasteiger partial charge >= 0.3 is 0 Å². The second kappa shape index (κ2) is 7.15. The number of aromatic nitrogens is 2. The highest BCUT2D eigenvalue weighted by atomic mass is 32.1. The summed E-state index contributed by atoms with van der Waals surface area (Å²) in [5.74, 6) is 0.00112. The summed E-state index contributed by atoms with van der Waals surface area (Å²) in [7, 11) is 0. The van der Waals surface area contributed by atoms with Crippen LogP contribution in [0.15, 0.2) is 24.3 Å². The Morgan fingerprint density at radius 1 is 1.27 bits per heavy atom. The van der Waals surface area contributed by atoms with Gasteiger partial charge in [-0.3, -0.25) is 9.59 Å². The van der Waals surface area contributed by atoms with E-state index in [9.17, 15) is 9.59 Å². The first-order chi connectivity index (χ1) is 12.3. The summed E-state index contributed by atoms with van der Waals surface area (Å²) in [6, 6.07) is 8.10. The van der Waals surface area contributed by atoms with Gasteiger partial charge in [-0.05, 0) is 24.1 Å². The maximum Gasteiger partial charge on any atom is 0.231 e. The molecule has 2 heterocycles. The second-order valence-corrected chi connectivity index (χ2v) is 8.58. The van der Waals surface area contributed by atoms with Gasteiger partial charge < -0.3 is 10.2 Å². The van der Waals surface area contributed by atoms with Crippen LogP contribution >= 0.6 is 11.3 Å². The molecule has 1 aliphatic heterocycles. The van der Waals surface area contributed by atoms with E-state index in [0.29, 0.717) is 18.1 Å². The summed E-state index contributed by atoms with van der Waals surface area (Å²) < 4.78 is 0. The van der Waals surface area contributed by atoms with E-state index in [2.05, 4.69) is 34.6 Å². The van der Waals surface area contributed by atoms with Gasteiger partial charge in [-0.15, -0.1) is 10.2 Å². The van der Waals surface area contributed by atoms with Crippen LogP contribution < -0.4 is 10.2 Å². The molecule has 0 unspecified atom stereocenters. The Morgan fingerprint density at radius 3 is 2.58 bits per heavy atom. The number of anilines is 2. The number of hydrogen-bond acceptors (Lipinski definition) is 5. The Balaban J connectivity index is 1.69. The van der Waals surface area contributed by atoms with Crippen LogP contribution in [0.4, 0.5) is 10.8 Å². The molecule has 7 heteroatoms. The summed E-state index contributed by atoms with van der Waals surface area (Å²) in [4.78, 5) is 26.3. The zero-order valence-corrected chi connectivity index (χ0v) is 16.4. The minimum atomic E-state index is -0.489. The third-order valence-corrected chi connectivity index (χ3v) is 5.47. The lowest BCUT2D eigenvalue weighted by molar-refractivity contribution is -0.123. The van der Waals surface area contributed by atoms with E-state index in [-0.39, 0.29) is 17.7 Å². The Morgan fingerprint density at radius 2 is 1.96 bits per heavy atom. The van der Waals surface area contributed by atoms with Crippen molar-refractivity contribution in [2.45, 2.75) is 46.5 Å². The molecule has 0 aliphatic carbocycles. The van der Waals surface area contributed by atoms with Gasteiger partial charge in [0.25, 0.3) is 0 Å². The van der Waals surface area contributed by atoms with E-state index in [0.717, 1.165) is 17.1 Å². The average molecular weight is 372 g/mol. The van der Waals surface area contributed by atoms with Crippen molar-refractivity contribution < 1.29 is 9.59 Å². The minimum Gasteiger partial charge on any atom is -0.312 e. The number of carbonyl (C=O) groups is 2. The van der Waals surface area contributed by atoms with Gasteiger partial charge in [0.1, 0.15) is 5.01 Å². The molecule has 1 aromatic heterocycles. The molecule has 2 aromatic rings. The largest absolute Gasteiger partial charge is 0.312 e. The first-order valence-electron chi connectivity index (χ1n) is 8.82. The van der Waals surface area contributed by atoms with Crippen molar-refractivity contribution in [1.29, 1.82) is 0 Å². The predicted octanol–water partition coefficient (Wildman–Crippen LogP) is 3.61. The Kier molecular flexibility index (Phi) is 5.09. The van der Waals surface area contributed by atoms with E-state index >= 15 is 0 Å². The van der Waals surface area contributed by atoms with Crippen LogP contribution in [0.25, 0.3) is 0 Å². The highest BCUT2D eigenvalue weighted by Crippen LogP contribution is 2.34. The lowest BCUT2D eigenvalue weighted by atomic mass is 9.96. The highest BCUT2D eigenvalue weighted by Gasteiger charge is 2.34.